The quantitative estimate of drug-likeness (QED) is 0.217. The highest BCUT2D eigenvalue weighted by Crippen LogP contribution is 2.28. The van der Waals surface area contributed by atoms with Crippen LogP contribution in [-0.4, -0.2) is 29.8 Å². The molecule has 158 valence electrons. The van der Waals surface area contributed by atoms with Crippen molar-refractivity contribution in [1.29, 1.82) is 0 Å². The molecule has 0 bridgehead atoms. The van der Waals surface area contributed by atoms with Crippen LogP contribution in [0.4, 0.5) is 5.69 Å². The van der Waals surface area contributed by atoms with Crippen molar-refractivity contribution >= 4 is 17.4 Å². The Bertz CT molecular complexity index is 1220. The number of hydrogen-bond donors (Lipinski definition) is 0. The van der Waals surface area contributed by atoms with Gasteiger partial charge in [-0.3, -0.25) is 10.1 Å². The van der Waals surface area contributed by atoms with Crippen molar-refractivity contribution in [1.82, 2.24) is 24.9 Å². The summed E-state index contributed by atoms with van der Waals surface area (Å²) in [5.74, 6) is 1.97. The SMILES string of the molecule is CCCn1c(SCc2nc(-c3cccc([N+](=O)[O-])c3)no2)nnc1-c1cccc(C)c1. The summed E-state index contributed by atoms with van der Waals surface area (Å²) in [6.45, 7) is 4.95. The van der Waals surface area contributed by atoms with Crippen molar-refractivity contribution in [3.63, 3.8) is 0 Å². The average Bonchev–Trinajstić information content (AvgIpc) is 3.40. The van der Waals surface area contributed by atoms with Crippen LogP contribution in [0.1, 0.15) is 24.8 Å². The summed E-state index contributed by atoms with van der Waals surface area (Å²) in [7, 11) is 0. The smallest absolute Gasteiger partial charge is 0.270 e. The number of nitro groups is 1. The molecular formula is C21H20N6O3S. The van der Waals surface area contributed by atoms with E-state index in [1.165, 1.54) is 23.9 Å². The number of rotatable bonds is 8. The van der Waals surface area contributed by atoms with Crippen LogP contribution in [0.2, 0.25) is 0 Å². The second kappa shape index (κ2) is 9.09. The average molecular weight is 436 g/mol. The Morgan fingerprint density at radius 3 is 2.71 bits per heavy atom. The largest absolute Gasteiger partial charge is 0.338 e. The van der Waals surface area contributed by atoms with Crippen LogP contribution in [0.25, 0.3) is 22.8 Å². The molecule has 2 aromatic carbocycles. The van der Waals surface area contributed by atoms with Crippen molar-refractivity contribution in [2.24, 2.45) is 0 Å². The number of nitrogens with zero attached hydrogens (tertiary/aromatic N) is 6. The van der Waals surface area contributed by atoms with E-state index in [4.69, 9.17) is 4.52 Å². The number of aryl methyl sites for hydroxylation is 1. The van der Waals surface area contributed by atoms with Gasteiger partial charge < -0.3 is 9.09 Å². The summed E-state index contributed by atoms with van der Waals surface area (Å²) < 4.78 is 7.43. The second-order valence-electron chi connectivity index (χ2n) is 6.94. The molecule has 0 radical (unpaired) electrons. The molecule has 9 nitrogen and oxygen atoms in total. The van der Waals surface area contributed by atoms with Crippen molar-refractivity contribution in [3.05, 3.63) is 70.1 Å². The Morgan fingerprint density at radius 2 is 1.94 bits per heavy atom. The lowest BCUT2D eigenvalue weighted by Crippen LogP contribution is -2.02. The molecule has 0 unspecified atom stereocenters. The van der Waals surface area contributed by atoms with Crippen LogP contribution < -0.4 is 0 Å². The van der Waals surface area contributed by atoms with Gasteiger partial charge in [0, 0.05) is 29.8 Å². The number of benzene rings is 2. The Hall–Kier alpha value is -3.53. The summed E-state index contributed by atoms with van der Waals surface area (Å²) >= 11 is 1.46. The number of aromatic nitrogens is 5. The summed E-state index contributed by atoms with van der Waals surface area (Å²) in [5.41, 5.74) is 2.70. The van der Waals surface area contributed by atoms with Gasteiger partial charge in [-0.25, -0.2) is 0 Å². The molecule has 2 aromatic heterocycles. The molecule has 0 amide bonds. The van der Waals surface area contributed by atoms with E-state index in [1.54, 1.807) is 12.1 Å². The highest BCUT2D eigenvalue weighted by atomic mass is 32.2. The van der Waals surface area contributed by atoms with Crippen molar-refractivity contribution < 1.29 is 9.45 Å². The first-order valence-corrected chi connectivity index (χ1v) is 10.7. The summed E-state index contributed by atoms with van der Waals surface area (Å²) in [6.07, 6.45) is 0.946. The summed E-state index contributed by atoms with van der Waals surface area (Å²) in [4.78, 5) is 14.9. The highest BCUT2D eigenvalue weighted by molar-refractivity contribution is 7.98. The van der Waals surface area contributed by atoms with Gasteiger partial charge in [0.1, 0.15) is 0 Å². The van der Waals surface area contributed by atoms with E-state index in [1.807, 2.05) is 25.1 Å². The van der Waals surface area contributed by atoms with E-state index in [0.717, 1.165) is 35.1 Å². The van der Waals surface area contributed by atoms with E-state index < -0.39 is 4.92 Å². The standard InChI is InChI=1S/C21H20N6O3S/c1-3-10-26-20(16-8-4-6-14(2)11-16)23-24-21(26)31-13-18-22-19(25-30-18)15-7-5-9-17(12-15)27(28)29/h4-9,11-12H,3,10,13H2,1-2H3. The molecule has 0 N–H and O–H groups in total. The second-order valence-corrected chi connectivity index (χ2v) is 7.88. The zero-order valence-electron chi connectivity index (χ0n) is 17.1. The van der Waals surface area contributed by atoms with Crippen molar-refractivity contribution in [2.75, 3.05) is 0 Å². The summed E-state index contributed by atoms with van der Waals surface area (Å²) in [5, 5.41) is 24.5. The number of thioether (sulfide) groups is 1. The Morgan fingerprint density at radius 1 is 1.13 bits per heavy atom. The molecule has 2 heterocycles. The Kier molecular flexibility index (Phi) is 6.08. The Labute approximate surface area is 182 Å². The third kappa shape index (κ3) is 4.64. The van der Waals surface area contributed by atoms with E-state index in [0.29, 0.717) is 23.0 Å². The molecule has 0 atom stereocenters. The zero-order valence-corrected chi connectivity index (χ0v) is 17.9. The minimum atomic E-state index is -0.452. The molecule has 0 fully saturated rings. The van der Waals surface area contributed by atoms with Gasteiger partial charge in [0.2, 0.25) is 11.7 Å². The lowest BCUT2D eigenvalue weighted by atomic mass is 10.1. The molecule has 0 aliphatic heterocycles. The van der Waals surface area contributed by atoms with E-state index in [-0.39, 0.29) is 5.69 Å². The highest BCUT2D eigenvalue weighted by Gasteiger charge is 2.17. The van der Waals surface area contributed by atoms with Crippen LogP contribution in [0, 0.1) is 17.0 Å². The van der Waals surface area contributed by atoms with E-state index in [2.05, 4.69) is 37.9 Å². The maximum atomic E-state index is 11.0. The van der Waals surface area contributed by atoms with Crippen LogP contribution in [-0.2, 0) is 12.3 Å². The first-order valence-electron chi connectivity index (χ1n) is 9.75. The number of non-ortho nitro benzene ring substituents is 1. The van der Waals surface area contributed by atoms with Gasteiger partial charge >= 0.3 is 0 Å². The lowest BCUT2D eigenvalue weighted by Gasteiger charge is -2.08. The van der Waals surface area contributed by atoms with Gasteiger partial charge in [0.15, 0.2) is 11.0 Å². The summed E-state index contributed by atoms with van der Waals surface area (Å²) in [6, 6.07) is 14.3. The van der Waals surface area contributed by atoms with Gasteiger partial charge in [0.25, 0.3) is 5.69 Å². The van der Waals surface area contributed by atoms with Gasteiger partial charge in [0.05, 0.1) is 10.7 Å². The third-order valence-corrected chi connectivity index (χ3v) is 5.50. The predicted molar refractivity (Wildman–Crippen MR) is 116 cm³/mol. The van der Waals surface area contributed by atoms with Crippen molar-refractivity contribution in [3.8, 4) is 22.8 Å². The van der Waals surface area contributed by atoms with Crippen LogP contribution in [0.3, 0.4) is 0 Å². The maximum Gasteiger partial charge on any atom is 0.270 e. The zero-order chi connectivity index (χ0) is 21.8. The van der Waals surface area contributed by atoms with Gasteiger partial charge in [-0.15, -0.1) is 10.2 Å². The fourth-order valence-electron chi connectivity index (χ4n) is 3.13. The van der Waals surface area contributed by atoms with Crippen LogP contribution in [0.5, 0.6) is 0 Å². The molecular weight excluding hydrogens is 416 g/mol. The molecule has 0 spiro atoms. The molecule has 31 heavy (non-hydrogen) atoms. The van der Waals surface area contributed by atoms with E-state index >= 15 is 0 Å². The molecule has 4 rings (SSSR count). The predicted octanol–water partition coefficient (Wildman–Crippen LogP) is 4.91. The minimum Gasteiger partial charge on any atom is -0.338 e. The number of nitro benzene ring substituents is 1. The van der Waals surface area contributed by atoms with Crippen LogP contribution >= 0.6 is 11.8 Å². The van der Waals surface area contributed by atoms with Crippen LogP contribution in [0.15, 0.2) is 58.2 Å². The van der Waals surface area contributed by atoms with E-state index in [9.17, 15) is 10.1 Å². The molecule has 10 heteroatoms. The molecule has 0 saturated carbocycles. The monoisotopic (exact) mass is 436 g/mol. The fraction of sp³-hybridized carbons (Fsp3) is 0.238. The first-order chi connectivity index (χ1) is 15.0. The Balaban J connectivity index is 1.52. The van der Waals surface area contributed by atoms with Gasteiger partial charge in [-0.2, -0.15) is 4.98 Å². The topological polar surface area (TPSA) is 113 Å². The lowest BCUT2D eigenvalue weighted by molar-refractivity contribution is -0.384. The normalized spacial score (nSPS) is 11.0. The first kappa shape index (κ1) is 20.7. The van der Waals surface area contributed by atoms with Gasteiger partial charge in [-0.05, 0) is 19.4 Å². The number of hydrogen-bond acceptors (Lipinski definition) is 8. The minimum absolute atomic E-state index is 0.0189. The molecule has 0 aliphatic rings. The van der Waals surface area contributed by atoms with Crippen molar-refractivity contribution in [2.45, 2.75) is 37.7 Å². The third-order valence-electron chi connectivity index (χ3n) is 4.55. The molecule has 4 aromatic rings. The molecule has 0 saturated heterocycles. The maximum absolute atomic E-state index is 11.0. The fourth-order valence-corrected chi connectivity index (χ4v) is 3.94. The molecule has 0 aliphatic carbocycles. The van der Waals surface area contributed by atoms with Gasteiger partial charge in [-0.1, -0.05) is 59.7 Å².